The van der Waals surface area contributed by atoms with Gasteiger partial charge in [0.2, 0.25) is 0 Å². The molecule has 120 valence electrons. The van der Waals surface area contributed by atoms with E-state index in [1.807, 2.05) is 0 Å². The molecule has 1 unspecified atom stereocenters. The second kappa shape index (κ2) is 6.48. The summed E-state index contributed by atoms with van der Waals surface area (Å²) in [4.78, 5) is 25.8. The van der Waals surface area contributed by atoms with Crippen LogP contribution in [0.5, 0.6) is 0 Å². The van der Waals surface area contributed by atoms with E-state index in [9.17, 15) is 18.0 Å². The summed E-state index contributed by atoms with van der Waals surface area (Å²) in [5, 5.41) is 0. The topological polar surface area (TPSA) is 80.8 Å². The summed E-state index contributed by atoms with van der Waals surface area (Å²) in [5.74, 6) is -0.901. The van der Waals surface area contributed by atoms with Gasteiger partial charge < -0.3 is 9.64 Å². The first-order valence-electron chi connectivity index (χ1n) is 7.00. The molecule has 0 radical (unpaired) electrons. The van der Waals surface area contributed by atoms with E-state index in [4.69, 9.17) is 4.74 Å². The van der Waals surface area contributed by atoms with Crippen molar-refractivity contribution >= 4 is 21.7 Å². The monoisotopic (exact) mass is 325 g/mol. The zero-order valence-corrected chi connectivity index (χ0v) is 13.4. The molecule has 22 heavy (non-hydrogen) atoms. The van der Waals surface area contributed by atoms with Gasteiger partial charge in [0, 0.05) is 24.9 Å². The highest BCUT2D eigenvalue weighted by molar-refractivity contribution is 7.90. The SMILES string of the molecule is COC(=O)C1CCCN(C(=O)c2cccc(S(C)(=O)=O)c2)C1. The summed E-state index contributed by atoms with van der Waals surface area (Å²) in [6.07, 6.45) is 2.52. The summed E-state index contributed by atoms with van der Waals surface area (Å²) < 4.78 is 27.9. The Morgan fingerprint density at radius 1 is 1.32 bits per heavy atom. The van der Waals surface area contributed by atoms with Gasteiger partial charge in [-0.05, 0) is 31.0 Å². The number of hydrogen-bond acceptors (Lipinski definition) is 5. The van der Waals surface area contributed by atoms with Crippen LogP contribution < -0.4 is 0 Å². The van der Waals surface area contributed by atoms with Crippen LogP contribution in [0.3, 0.4) is 0 Å². The Morgan fingerprint density at radius 3 is 2.68 bits per heavy atom. The Bertz CT molecular complexity index is 683. The van der Waals surface area contributed by atoms with Gasteiger partial charge in [0.15, 0.2) is 9.84 Å². The van der Waals surface area contributed by atoms with Crippen molar-refractivity contribution in [3.05, 3.63) is 29.8 Å². The standard InChI is InChI=1S/C15H19NO5S/c1-21-15(18)12-6-4-8-16(10-12)14(17)11-5-3-7-13(9-11)22(2,19)20/h3,5,7,9,12H,4,6,8,10H2,1-2H3. The number of nitrogens with zero attached hydrogens (tertiary/aromatic N) is 1. The number of ether oxygens (including phenoxy) is 1. The molecule has 0 N–H and O–H groups in total. The minimum absolute atomic E-state index is 0.111. The molecule has 1 heterocycles. The molecule has 0 aromatic heterocycles. The third kappa shape index (κ3) is 3.65. The Kier molecular flexibility index (Phi) is 4.85. The number of methoxy groups -OCH3 is 1. The molecule has 1 aromatic rings. The Labute approximate surface area is 130 Å². The first-order chi connectivity index (χ1) is 10.3. The van der Waals surface area contributed by atoms with Crippen molar-refractivity contribution in [3.8, 4) is 0 Å². The average Bonchev–Trinajstić information content (AvgIpc) is 2.53. The van der Waals surface area contributed by atoms with E-state index in [1.54, 1.807) is 17.0 Å². The minimum atomic E-state index is -3.36. The zero-order chi connectivity index (χ0) is 16.3. The Morgan fingerprint density at radius 2 is 2.05 bits per heavy atom. The molecule has 1 atom stereocenters. The molecule has 0 aliphatic carbocycles. The molecule has 1 aliphatic rings. The molecule has 1 fully saturated rings. The van der Waals surface area contributed by atoms with Gasteiger partial charge in [-0.25, -0.2) is 8.42 Å². The van der Waals surface area contributed by atoms with Crippen LogP contribution in [0.4, 0.5) is 0 Å². The molecule has 1 amide bonds. The highest BCUT2D eigenvalue weighted by atomic mass is 32.2. The second-order valence-corrected chi connectivity index (χ2v) is 7.43. The molecular weight excluding hydrogens is 306 g/mol. The summed E-state index contributed by atoms with van der Waals surface area (Å²) in [7, 11) is -2.03. The van der Waals surface area contributed by atoms with E-state index in [-0.39, 0.29) is 22.7 Å². The number of carbonyl (C=O) groups is 2. The van der Waals surface area contributed by atoms with Crippen LogP contribution >= 0.6 is 0 Å². The van der Waals surface area contributed by atoms with Crippen molar-refractivity contribution < 1.29 is 22.7 Å². The van der Waals surface area contributed by atoms with Crippen LogP contribution in [0.2, 0.25) is 0 Å². The Balaban J connectivity index is 2.19. The van der Waals surface area contributed by atoms with Crippen molar-refractivity contribution in [2.45, 2.75) is 17.7 Å². The minimum Gasteiger partial charge on any atom is -0.469 e. The zero-order valence-electron chi connectivity index (χ0n) is 12.6. The van der Waals surface area contributed by atoms with Gasteiger partial charge in [-0.15, -0.1) is 0 Å². The fraction of sp³-hybridized carbons (Fsp3) is 0.467. The summed E-state index contributed by atoms with van der Waals surface area (Å²) in [6, 6.07) is 5.96. The lowest BCUT2D eigenvalue weighted by atomic mass is 9.97. The fourth-order valence-electron chi connectivity index (χ4n) is 2.56. The number of hydrogen-bond donors (Lipinski definition) is 0. The molecule has 7 heteroatoms. The smallest absolute Gasteiger partial charge is 0.310 e. The number of piperidine rings is 1. The maximum atomic E-state index is 12.5. The number of esters is 1. The molecule has 0 bridgehead atoms. The fourth-order valence-corrected chi connectivity index (χ4v) is 3.23. The van der Waals surface area contributed by atoms with Gasteiger partial charge in [0.05, 0.1) is 17.9 Å². The van der Waals surface area contributed by atoms with Crippen LogP contribution in [-0.4, -0.2) is 51.6 Å². The maximum Gasteiger partial charge on any atom is 0.310 e. The van der Waals surface area contributed by atoms with E-state index >= 15 is 0 Å². The van der Waals surface area contributed by atoms with Gasteiger partial charge in [-0.2, -0.15) is 0 Å². The molecule has 0 saturated carbocycles. The molecule has 6 nitrogen and oxygen atoms in total. The molecule has 1 aliphatic heterocycles. The van der Waals surface area contributed by atoms with Crippen molar-refractivity contribution in [3.63, 3.8) is 0 Å². The number of benzene rings is 1. The lowest BCUT2D eigenvalue weighted by Crippen LogP contribution is -2.42. The van der Waals surface area contributed by atoms with Crippen LogP contribution in [0, 0.1) is 5.92 Å². The van der Waals surface area contributed by atoms with Gasteiger partial charge in [-0.1, -0.05) is 6.07 Å². The summed E-state index contributed by atoms with van der Waals surface area (Å²) >= 11 is 0. The number of amides is 1. The quantitative estimate of drug-likeness (QED) is 0.778. The maximum absolute atomic E-state index is 12.5. The molecule has 0 spiro atoms. The van der Waals surface area contributed by atoms with Crippen molar-refractivity contribution in [2.24, 2.45) is 5.92 Å². The van der Waals surface area contributed by atoms with Crippen LogP contribution in [-0.2, 0) is 19.4 Å². The molecule has 1 aromatic carbocycles. The highest BCUT2D eigenvalue weighted by Gasteiger charge is 2.29. The van der Waals surface area contributed by atoms with E-state index in [2.05, 4.69) is 0 Å². The van der Waals surface area contributed by atoms with Gasteiger partial charge in [-0.3, -0.25) is 9.59 Å². The largest absolute Gasteiger partial charge is 0.469 e. The van der Waals surface area contributed by atoms with Gasteiger partial charge in [0.1, 0.15) is 0 Å². The first kappa shape index (κ1) is 16.5. The van der Waals surface area contributed by atoms with E-state index in [0.717, 1.165) is 12.7 Å². The molecule has 1 saturated heterocycles. The van der Waals surface area contributed by atoms with E-state index < -0.39 is 9.84 Å². The normalized spacial score (nSPS) is 18.8. The molecule has 2 rings (SSSR count). The van der Waals surface area contributed by atoms with Gasteiger partial charge in [0.25, 0.3) is 5.91 Å². The lowest BCUT2D eigenvalue weighted by molar-refractivity contribution is -0.146. The van der Waals surface area contributed by atoms with Crippen LogP contribution in [0.1, 0.15) is 23.2 Å². The van der Waals surface area contributed by atoms with Crippen molar-refractivity contribution in [1.82, 2.24) is 4.90 Å². The highest BCUT2D eigenvalue weighted by Crippen LogP contribution is 2.20. The number of sulfone groups is 1. The Hall–Kier alpha value is -1.89. The van der Waals surface area contributed by atoms with Crippen LogP contribution in [0.15, 0.2) is 29.2 Å². The number of carbonyl (C=O) groups excluding carboxylic acids is 2. The summed E-state index contributed by atoms with van der Waals surface area (Å²) in [5.41, 5.74) is 0.313. The summed E-state index contributed by atoms with van der Waals surface area (Å²) in [6.45, 7) is 0.851. The lowest BCUT2D eigenvalue weighted by Gasteiger charge is -2.31. The van der Waals surface area contributed by atoms with Crippen molar-refractivity contribution in [1.29, 1.82) is 0 Å². The molecular formula is C15H19NO5S. The second-order valence-electron chi connectivity index (χ2n) is 5.41. The predicted molar refractivity (Wildman–Crippen MR) is 80.2 cm³/mol. The van der Waals surface area contributed by atoms with E-state index in [1.165, 1.54) is 19.2 Å². The predicted octanol–water partition coefficient (Wildman–Crippen LogP) is 1.12. The van der Waals surface area contributed by atoms with Crippen LogP contribution in [0.25, 0.3) is 0 Å². The van der Waals surface area contributed by atoms with Crippen molar-refractivity contribution in [2.75, 3.05) is 26.5 Å². The van der Waals surface area contributed by atoms with E-state index in [0.29, 0.717) is 25.1 Å². The third-order valence-corrected chi connectivity index (χ3v) is 4.86. The number of rotatable bonds is 3. The number of likely N-dealkylation sites (tertiary alicyclic amines) is 1. The third-order valence-electron chi connectivity index (χ3n) is 3.75. The first-order valence-corrected chi connectivity index (χ1v) is 8.89. The average molecular weight is 325 g/mol. The van der Waals surface area contributed by atoms with Gasteiger partial charge >= 0.3 is 5.97 Å².